The van der Waals surface area contributed by atoms with E-state index in [2.05, 4.69) is 5.32 Å². The Morgan fingerprint density at radius 1 is 1.23 bits per heavy atom. The molecule has 0 saturated heterocycles. The van der Waals surface area contributed by atoms with Crippen molar-refractivity contribution < 1.29 is 28.4 Å². The predicted molar refractivity (Wildman–Crippen MR) is 125 cm³/mol. The minimum atomic E-state index is -0.979. The molecule has 11 heteroatoms. The van der Waals surface area contributed by atoms with Crippen molar-refractivity contribution in [3.63, 3.8) is 0 Å². The summed E-state index contributed by atoms with van der Waals surface area (Å²) < 4.78 is 16.0. The van der Waals surface area contributed by atoms with Crippen LogP contribution in [0.2, 0.25) is 5.02 Å². The summed E-state index contributed by atoms with van der Waals surface area (Å²) in [5.41, 5.74) is -0.527. The standard InChI is InChI=1S/C24H18ClN3O7/c1-2-33-22-11-15(10-16(13-26)23(29)27-14-18-4-3-9-34-18)5-8-21(22)35-24(30)19-7-6-17(25)12-20(19)28(31)32/h3-12H,2,14H2,1H3,(H,27,29)/b16-10+. The monoisotopic (exact) mass is 495 g/mol. The number of furan rings is 1. The molecule has 0 aliphatic carbocycles. The number of nitro benzene ring substituents is 1. The third-order valence-corrected chi connectivity index (χ3v) is 4.76. The van der Waals surface area contributed by atoms with Crippen molar-refractivity contribution in [3.05, 3.63) is 92.4 Å². The van der Waals surface area contributed by atoms with Crippen LogP contribution in [0.15, 0.2) is 64.8 Å². The Bertz CT molecular complexity index is 1330. The van der Waals surface area contributed by atoms with Gasteiger partial charge in [0, 0.05) is 11.1 Å². The molecule has 1 heterocycles. The van der Waals surface area contributed by atoms with Crippen LogP contribution in [0.1, 0.15) is 28.6 Å². The molecule has 0 bridgehead atoms. The Kier molecular flexibility index (Phi) is 8.21. The van der Waals surface area contributed by atoms with Crippen LogP contribution in [-0.4, -0.2) is 23.4 Å². The molecular formula is C24H18ClN3O7. The number of amides is 1. The fraction of sp³-hybridized carbons (Fsp3) is 0.125. The number of ether oxygens (including phenoxy) is 2. The largest absolute Gasteiger partial charge is 0.490 e. The Hall–Kier alpha value is -4.62. The van der Waals surface area contributed by atoms with Crippen molar-refractivity contribution in [2.75, 3.05) is 6.61 Å². The second-order valence-corrected chi connectivity index (χ2v) is 7.32. The zero-order valence-electron chi connectivity index (χ0n) is 18.3. The molecule has 35 heavy (non-hydrogen) atoms. The SMILES string of the molecule is CCOc1cc(/C=C(\C#N)C(=O)NCc2ccco2)ccc1OC(=O)c1ccc(Cl)cc1[N+](=O)[O-]. The van der Waals surface area contributed by atoms with E-state index in [1.54, 1.807) is 19.1 Å². The van der Waals surface area contributed by atoms with Crippen LogP contribution in [0.5, 0.6) is 11.5 Å². The lowest BCUT2D eigenvalue weighted by atomic mass is 10.1. The molecule has 0 unspecified atom stereocenters. The third-order valence-electron chi connectivity index (χ3n) is 4.53. The van der Waals surface area contributed by atoms with Gasteiger partial charge in [0.25, 0.3) is 11.6 Å². The highest BCUT2D eigenvalue weighted by Gasteiger charge is 2.23. The van der Waals surface area contributed by atoms with E-state index in [1.165, 1.54) is 42.7 Å². The summed E-state index contributed by atoms with van der Waals surface area (Å²) in [6.45, 7) is 2.04. The van der Waals surface area contributed by atoms with Gasteiger partial charge in [-0.2, -0.15) is 5.26 Å². The maximum absolute atomic E-state index is 12.6. The first-order chi connectivity index (χ1) is 16.8. The van der Waals surface area contributed by atoms with Gasteiger partial charge in [-0.15, -0.1) is 0 Å². The average Bonchev–Trinajstić information content (AvgIpc) is 3.36. The van der Waals surface area contributed by atoms with Crippen LogP contribution in [0.25, 0.3) is 6.08 Å². The summed E-state index contributed by atoms with van der Waals surface area (Å²) in [6, 6.07) is 13.1. The first kappa shape index (κ1) is 25.0. The minimum Gasteiger partial charge on any atom is -0.490 e. The normalized spacial score (nSPS) is 10.8. The molecule has 0 fully saturated rings. The topological polar surface area (TPSA) is 145 Å². The van der Waals surface area contributed by atoms with Crippen LogP contribution >= 0.6 is 11.6 Å². The Morgan fingerprint density at radius 3 is 2.69 bits per heavy atom. The number of hydrogen-bond acceptors (Lipinski definition) is 8. The van der Waals surface area contributed by atoms with Crippen LogP contribution in [0.4, 0.5) is 5.69 Å². The minimum absolute atomic E-state index is 0.000901. The van der Waals surface area contributed by atoms with E-state index < -0.39 is 22.5 Å². The number of nitrogens with one attached hydrogen (secondary N) is 1. The lowest BCUT2D eigenvalue weighted by molar-refractivity contribution is -0.385. The molecule has 0 aliphatic rings. The van der Waals surface area contributed by atoms with Crippen molar-refractivity contribution in [1.29, 1.82) is 5.26 Å². The van der Waals surface area contributed by atoms with Crippen LogP contribution in [-0.2, 0) is 11.3 Å². The molecule has 1 aromatic heterocycles. The summed E-state index contributed by atoms with van der Waals surface area (Å²) in [4.78, 5) is 35.5. The molecule has 3 aromatic rings. The van der Waals surface area contributed by atoms with Gasteiger partial charge in [0.1, 0.15) is 23.0 Å². The van der Waals surface area contributed by atoms with Gasteiger partial charge in [-0.25, -0.2) is 4.79 Å². The summed E-state index contributed by atoms with van der Waals surface area (Å²) in [5, 5.41) is 23.4. The number of carbonyl (C=O) groups is 2. The molecule has 0 aliphatic heterocycles. The highest BCUT2D eigenvalue weighted by atomic mass is 35.5. The number of esters is 1. The lowest BCUT2D eigenvalue weighted by Crippen LogP contribution is -2.23. The van der Waals surface area contributed by atoms with Crippen LogP contribution in [0.3, 0.4) is 0 Å². The van der Waals surface area contributed by atoms with Crippen molar-refractivity contribution in [1.82, 2.24) is 5.32 Å². The van der Waals surface area contributed by atoms with Gasteiger partial charge in [-0.3, -0.25) is 14.9 Å². The number of nitriles is 1. The maximum atomic E-state index is 12.6. The van der Waals surface area contributed by atoms with Gasteiger partial charge in [0.05, 0.1) is 24.3 Å². The fourth-order valence-electron chi connectivity index (χ4n) is 2.94. The number of benzene rings is 2. The van der Waals surface area contributed by atoms with Crippen molar-refractivity contribution in [3.8, 4) is 17.6 Å². The lowest BCUT2D eigenvalue weighted by Gasteiger charge is -2.12. The molecule has 2 aromatic carbocycles. The van der Waals surface area contributed by atoms with Crippen molar-refractivity contribution in [2.24, 2.45) is 0 Å². The first-order valence-corrected chi connectivity index (χ1v) is 10.6. The third kappa shape index (κ3) is 6.46. The number of halogens is 1. The Morgan fingerprint density at radius 2 is 2.03 bits per heavy atom. The van der Waals surface area contributed by atoms with Gasteiger partial charge >= 0.3 is 5.97 Å². The maximum Gasteiger partial charge on any atom is 0.350 e. The molecule has 0 radical (unpaired) electrons. The Labute approximate surface area is 204 Å². The zero-order valence-corrected chi connectivity index (χ0v) is 19.1. The molecule has 178 valence electrons. The van der Waals surface area contributed by atoms with E-state index in [1.807, 2.05) is 6.07 Å². The first-order valence-electron chi connectivity index (χ1n) is 10.2. The molecular weight excluding hydrogens is 478 g/mol. The van der Waals surface area contributed by atoms with E-state index in [0.29, 0.717) is 11.3 Å². The molecule has 0 saturated carbocycles. The molecule has 1 N–H and O–H groups in total. The number of carbonyl (C=O) groups excluding carboxylic acids is 2. The fourth-order valence-corrected chi connectivity index (χ4v) is 3.11. The second-order valence-electron chi connectivity index (χ2n) is 6.88. The predicted octanol–water partition coefficient (Wildman–Crippen LogP) is 4.68. The summed E-state index contributed by atoms with van der Waals surface area (Å²) in [5.74, 6) is -0.917. The molecule has 0 atom stereocenters. The average molecular weight is 496 g/mol. The van der Waals surface area contributed by atoms with E-state index in [0.717, 1.165) is 6.07 Å². The number of rotatable bonds is 9. The van der Waals surface area contributed by atoms with Crippen LogP contribution < -0.4 is 14.8 Å². The van der Waals surface area contributed by atoms with Gasteiger partial charge in [-0.05, 0) is 55.0 Å². The smallest absolute Gasteiger partial charge is 0.350 e. The molecule has 10 nitrogen and oxygen atoms in total. The van der Waals surface area contributed by atoms with Crippen molar-refractivity contribution >= 4 is 35.2 Å². The van der Waals surface area contributed by atoms with E-state index in [4.69, 9.17) is 25.5 Å². The van der Waals surface area contributed by atoms with Crippen LogP contribution in [0, 0.1) is 21.4 Å². The summed E-state index contributed by atoms with van der Waals surface area (Å²) in [6.07, 6.45) is 2.81. The zero-order chi connectivity index (χ0) is 25.4. The van der Waals surface area contributed by atoms with E-state index >= 15 is 0 Å². The Balaban J connectivity index is 1.83. The van der Waals surface area contributed by atoms with Crippen molar-refractivity contribution in [2.45, 2.75) is 13.5 Å². The molecule has 1 amide bonds. The van der Waals surface area contributed by atoms with E-state index in [-0.39, 0.29) is 40.8 Å². The second kappa shape index (κ2) is 11.5. The highest BCUT2D eigenvalue weighted by molar-refractivity contribution is 6.31. The molecule has 3 rings (SSSR count). The van der Waals surface area contributed by atoms with Gasteiger partial charge < -0.3 is 19.2 Å². The summed E-state index contributed by atoms with van der Waals surface area (Å²) in [7, 11) is 0. The highest BCUT2D eigenvalue weighted by Crippen LogP contribution is 2.31. The van der Waals surface area contributed by atoms with Gasteiger partial charge in [-0.1, -0.05) is 17.7 Å². The summed E-state index contributed by atoms with van der Waals surface area (Å²) >= 11 is 5.79. The number of nitrogens with zero attached hydrogens (tertiary/aromatic N) is 2. The number of nitro groups is 1. The van der Waals surface area contributed by atoms with Gasteiger partial charge in [0.2, 0.25) is 0 Å². The van der Waals surface area contributed by atoms with E-state index in [9.17, 15) is 25.0 Å². The quantitative estimate of drug-likeness (QED) is 0.112. The number of hydrogen-bond donors (Lipinski definition) is 1. The van der Waals surface area contributed by atoms with Gasteiger partial charge in [0.15, 0.2) is 11.5 Å². The molecule has 0 spiro atoms.